The summed E-state index contributed by atoms with van der Waals surface area (Å²) in [6, 6.07) is 5.55. The Morgan fingerprint density at radius 1 is 1.48 bits per heavy atom. The SMILES string of the molecule is C/C(=N\NC(=O)Cc1cn2ccsc2n1)c1ccccn1. The van der Waals surface area contributed by atoms with E-state index < -0.39 is 0 Å². The number of fused-ring (bicyclic) bond motifs is 1. The van der Waals surface area contributed by atoms with Crippen LogP contribution in [-0.4, -0.2) is 26.0 Å². The second-order valence-electron chi connectivity index (χ2n) is 4.45. The van der Waals surface area contributed by atoms with E-state index in [-0.39, 0.29) is 12.3 Å². The zero-order valence-corrected chi connectivity index (χ0v) is 12.2. The van der Waals surface area contributed by atoms with Crippen molar-refractivity contribution in [1.29, 1.82) is 0 Å². The molecule has 1 N–H and O–H groups in total. The Hall–Kier alpha value is -2.54. The first-order valence-corrected chi connectivity index (χ1v) is 7.26. The number of pyridine rings is 1. The lowest BCUT2D eigenvalue weighted by Gasteiger charge is -2.01. The van der Waals surface area contributed by atoms with Gasteiger partial charge in [-0.05, 0) is 19.1 Å². The summed E-state index contributed by atoms with van der Waals surface area (Å²) < 4.78 is 1.90. The summed E-state index contributed by atoms with van der Waals surface area (Å²) in [5.41, 5.74) is 4.65. The maximum atomic E-state index is 11.9. The highest BCUT2D eigenvalue weighted by molar-refractivity contribution is 7.15. The highest BCUT2D eigenvalue weighted by Crippen LogP contribution is 2.11. The highest BCUT2D eigenvalue weighted by atomic mass is 32.1. The molecule has 0 aromatic carbocycles. The van der Waals surface area contributed by atoms with Crippen molar-refractivity contribution in [3.8, 4) is 0 Å². The maximum Gasteiger partial charge on any atom is 0.246 e. The van der Waals surface area contributed by atoms with Crippen molar-refractivity contribution in [3.05, 3.63) is 53.6 Å². The number of nitrogens with zero attached hydrogens (tertiary/aromatic N) is 4. The molecule has 1 amide bonds. The Morgan fingerprint density at radius 3 is 3.14 bits per heavy atom. The quantitative estimate of drug-likeness (QED) is 0.590. The maximum absolute atomic E-state index is 11.9. The lowest BCUT2D eigenvalue weighted by Crippen LogP contribution is -2.21. The Kier molecular flexibility index (Phi) is 3.74. The van der Waals surface area contributed by atoms with Crippen molar-refractivity contribution in [2.45, 2.75) is 13.3 Å². The summed E-state index contributed by atoms with van der Waals surface area (Å²) in [6.45, 7) is 1.80. The molecule has 106 valence electrons. The number of nitrogens with one attached hydrogen (secondary N) is 1. The van der Waals surface area contributed by atoms with Crippen molar-refractivity contribution < 1.29 is 4.79 Å². The number of hydrazone groups is 1. The fourth-order valence-electron chi connectivity index (χ4n) is 1.85. The molecule has 0 saturated heterocycles. The number of hydrogen-bond donors (Lipinski definition) is 1. The minimum Gasteiger partial charge on any atom is -0.297 e. The molecule has 7 heteroatoms. The molecule has 0 radical (unpaired) electrons. The van der Waals surface area contributed by atoms with Crippen LogP contribution in [0, 0.1) is 0 Å². The van der Waals surface area contributed by atoms with Crippen LogP contribution in [0.2, 0.25) is 0 Å². The van der Waals surface area contributed by atoms with E-state index in [1.807, 2.05) is 40.4 Å². The largest absolute Gasteiger partial charge is 0.297 e. The summed E-state index contributed by atoms with van der Waals surface area (Å²) in [5, 5.41) is 6.01. The molecule has 3 aromatic rings. The number of thiazole rings is 1. The van der Waals surface area contributed by atoms with Gasteiger partial charge < -0.3 is 0 Å². The Labute approximate surface area is 125 Å². The number of rotatable bonds is 4. The summed E-state index contributed by atoms with van der Waals surface area (Å²) in [4.78, 5) is 21.3. The first kappa shape index (κ1) is 13.4. The predicted octanol–water partition coefficient (Wildman–Crippen LogP) is 1.87. The highest BCUT2D eigenvalue weighted by Gasteiger charge is 2.08. The van der Waals surface area contributed by atoms with Crippen LogP contribution >= 0.6 is 11.3 Å². The van der Waals surface area contributed by atoms with Crippen LogP contribution in [0.4, 0.5) is 0 Å². The van der Waals surface area contributed by atoms with E-state index in [9.17, 15) is 4.79 Å². The molecule has 3 heterocycles. The minimum atomic E-state index is -0.198. The van der Waals surface area contributed by atoms with E-state index in [2.05, 4.69) is 20.5 Å². The lowest BCUT2D eigenvalue weighted by atomic mass is 10.3. The summed E-state index contributed by atoms with van der Waals surface area (Å²) in [5.74, 6) is -0.198. The minimum absolute atomic E-state index is 0.198. The van der Waals surface area contributed by atoms with Gasteiger partial charge >= 0.3 is 0 Å². The molecule has 0 aliphatic carbocycles. The molecule has 0 unspecified atom stereocenters. The van der Waals surface area contributed by atoms with Crippen molar-refractivity contribution in [3.63, 3.8) is 0 Å². The molecule has 0 spiro atoms. The standard InChI is InChI=1S/C14H13N5OS/c1-10(12-4-2-3-5-15-12)17-18-13(20)8-11-9-19-6-7-21-14(19)16-11/h2-7,9H,8H2,1H3,(H,18,20)/b17-10+. The third-order valence-corrected chi connectivity index (χ3v) is 3.64. The van der Waals surface area contributed by atoms with E-state index in [1.54, 1.807) is 13.1 Å². The van der Waals surface area contributed by atoms with Crippen molar-refractivity contribution in [1.82, 2.24) is 19.8 Å². The van der Waals surface area contributed by atoms with Gasteiger partial charge in [0.25, 0.3) is 0 Å². The number of carbonyl (C=O) groups is 1. The number of aromatic nitrogens is 3. The summed E-state index contributed by atoms with van der Waals surface area (Å²) in [6.07, 6.45) is 5.65. The first-order chi connectivity index (χ1) is 10.2. The third kappa shape index (κ3) is 3.14. The lowest BCUT2D eigenvalue weighted by molar-refractivity contribution is -0.120. The van der Waals surface area contributed by atoms with Gasteiger partial charge in [0.1, 0.15) is 0 Å². The van der Waals surface area contributed by atoms with E-state index in [1.165, 1.54) is 11.3 Å². The monoisotopic (exact) mass is 299 g/mol. The molecular weight excluding hydrogens is 286 g/mol. The van der Waals surface area contributed by atoms with Gasteiger partial charge in [0, 0.05) is 24.0 Å². The summed E-state index contributed by atoms with van der Waals surface area (Å²) >= 11 is 1.54. The predicted molar refractivity (Wildman–Crippen MR) is 81.4 cm³/mol. The van der Waals surface area contributed by atoms with Crippen LogP contribution in [0.15, 0.2) is 47.3 Å². The molecule has 0 bridgehead atoms. The third-order valence-electron chi connectivity index (χ3n) is 2.87. The van der Waals surface area contributed by atoms with Crippen LogP contribution in [-0.2, 0) is 11.2 Å². The molecule has 3 aromatic heterocycles. The van der Waals surface area contributed by atoms with E-state index in [4.69, 9.17) is 0 Å². The van der Waals surface area contributed by atoms with Crippen LogP contribution in [0.5, 0.6) is 0 Å². The molecular formula is C14H13N5OS. The number of carbonyl (C=O) groups excluding carboxylic acids is 1. The van der Waals surface area contributed by atoms with Gasteiger partial charge in [-0.2, -0.15) is 5.10 Å². The second kappa shape index (κ2) is 5.84. The van der Waals surface area contributed by atoms with Gasteiger partial charge in [0.2, 0.25) is 5.91 Å². The van der Waals surface area contributed by atoms with Crippen LogP contribution in [0.1, 0.15) is 18.3 Å². The van der Waals surface area contributed by atoms with Gasteiger partial charge in [-0.25, -0.2) is 10.4 Å². The summed E-state index contributed by atoms with van der Waals surface area (Å²) in [7, 11) is 0. The molecule has 6 nitrogen and oxygen atoms in total. The van der Waals surface area contributed by atoms with Crippen LogP contribution in [0.3, 0.4) is 0 Å². The molecule has 21 heavy (non-hydrogen) atoms. The van der Waals surface area contributed by atoms with E-state index in [0.29, 0.717) is 5.71 Å². The second-order valence-corrected chi connectivity index (χ2v) is 5.32. The molecule has 0 aliphatic heterocycles. The number of imidazole rings is 1. The van der Waals surface area contributed by atoms with Gasteiger partial charge in [0.05, 0.1) is 23.5 Å². The topological polar surface area (TPSA) is 71.7 Å². The van der Waals surface area contributed by atoms with Gasteiger partial charge in [0.15, 0.2) is 4.96 Å². The first-order valence-electron chi connectivity index (χ1n) is 6.38. The van der Waals surface area contributed by atoms with E-state index >= 15 is 0 Å². The van der Waals surface area contributed by atoms with Gasteiger partial charge in [-0.3, -0.25) is 14.2 Å². The number of hydrogen-bond acceptors (Lipinski definition) is 5. The fraction of sp³-hybridized carbons (Fsp3) is 0.143. The van der Waals surface area contributed by atoms with Gasteiger partial charge in [-0.15, -0.1) is 11.3 Å². The zero-order chi connectivity index (χ0) is 14.7. The van der Waals surface area contributed by atoms with Crippen LogP contribution in [0.25, 0.3) is 4.96 Å². The zero-order valence-electron chi connectivity index (χ0n) is 11.4. The van der Waals surface area contributed by atoms with Crippen molar-refractivity contribution in [2.75, 3.05) is 0 Å². The Morgan fingerprint density at radius 2 is 2.38 bits per heavy atom. The molecule has 0 saturated carbocycles. The van der Waals surface area contributed by atoms with Gasteiger partial charge in [-0.1, -0.05) is 6.07 Å². The smallest absolute Gasteiger partial charge is 0.246 e. The van der Waals surface area contributed by atoms with Crippen molar-refractivity contribution >= 4 is 27.9 Å². The molecule has 0 aliphatic rings. The molecule has 0 atom stereocenters. The molecule has 3 rings (SSSR count). The van der Waals surface area contributed by atoms with Crippen LogP contribution < -0.4 is 5.43 Å². The Bertz CT molecular complexity index is 761. The fourth-order valence-corrected chi connectivity index (χ4v) is 2.56. The molecule has 0 fully saturated rings. The van der Waals surface area contributed by atoms with Crippen molar-refractivity contribution in [2.24, 2.45) is 5.10 Å². The average Bonchev–Trinajstić information content (AvgIpc) is 3.07. The number of amides is 1. The van der Waals surface area contributed by atoms with E-state index in [0.717, 1.165) is 16.3 Å². The average molecular weight is 299 g/mol. The normalized spacial score (nSPS) is 11.8. The Balaban J connectivity index is 1.62.